The Bertz CT molecular complexity index is 1540. The molecule has 0 saturated carbocycles. The Labute approximate surface area is 235 Å². The van der Waals surface area contributed by atoms with Crippen LogP contribution in [0.4, 0.5) is 0 Å². The molecule has 0 aliphatic carbocycles. The van der Waals surface area contributed by atoms with Crippen LogP contribution < -0.4 is 0 Å². The summed E-state index contributed by atoms with van der Waals surface area (Å²) in [6, 6.07) is 18.0. The first-order valence-electron chi connectivity index (χ1n) is 11.8. The number of benzene rings is 4. The van der Waals surface area contributed by atoms with Crippen LogP contribution in [-0.2, 0) is 14.2 Å². The molecule has 0 aliphatic heterocycles. The summed E-state index contributed by atoms with van der Waals surface area (Å²) in [5, 5.41) is 29.6. The van der Waals surface area contributed by atoms with Crippen molar-refractivity contribution in [3.63, 3.8) is 0 Å². The second kappa shape index (κ2) is 12.3. The lowest BCUT2D eigenvalue weighted by Gasteiger charge is -2.10. The monoisotopic (exact) mass is 570 g/mol. The molecule has 0 spiro atoms. The van der Waals surface area contributed by atoms with Gasteiger partial charge in [-0.1, -0.05) is 36.4 Å². The van der Waals surface area contributed by atoms with Crippen molar-refractivity contribution >= 4 is 35.8 Å². The highest BCUT2D eigenvalue weighted by Gasteiger charge is 2.25. The maximum atomic E-state index is 12.8. The van der Waals surface area contributed by atoms with Crippen LogP contribution in [0.1, 0.15) is 62.1 Å². The Morgan fingerprint density at radius 1 is 0.381 bits per heavy atom. The Morgan fingerprint density at radius 2 is 0.619 bits per heavy atom. The van der Waals surface area contributed by atoms with Gasteiger partial charge in [-0.15, -0.1) is 0 Å². The third kappa shape index (κ3) is 6.46. The largest absolute Gasteiger partial charge is 0.507 e. The second-order valence-electron chi connectivity index (χ2n) is 8.38. The molecule has 0 aromatic heterocycles. The lowest BCUT2D eigenvalue weighted by Crippen LogP contribution is -2.18. The average molecular weight is 570 g/mol. The molecular weight excluding hydrogens is 552 g/mol. The van der Waals surface area contributed by atoms with Crippen molar-refractivity contribution in [1.29, 1.82) is 0 Å². The number of para-hydroxylation sites is 3. The minimum absolute atomic E-state index is 0.359. The molecule has 0 bridgehead atoms. The molecule has 4 aromatic carbocycles. The highest BCUT2D eigenvalue weighted by molar-refractivity contribution is 6.10. The van der Waals surface area contributed by atoms with Gasteiger partial charge < -0.3 is 29.5 Å². The summed E-state index contributed by atoms with van der Waals surface area (Å²) in [7, 11) is 0. The fourth-order valence-electron chi connectivity index (χ4n) is 3.51. The standard InChI is InChI=1S/C30H18O12/c31-22-10-4-1-7-19(22)28(37)40-25(34)16-13-17(26(35)41-29(38)20-8-2-5-11-23(20)32)15-18(14-16)27(36)42-30(39)21-9-3-6-12-24(21)33/h1-15,31-33H. The predicted octanol–water partition coefficient (Wildman–Crippen LogP) is 3.80. The van der Waals surface area contributed by atoms with E-state index in [1.54, 1.807) is 0 Å². The highest BCUT2D eigenvalue weighted by atomic mass is 16.6. The molecule has 12 nitrogen and oxygen atoms in total. The number of hydrogen-bond donors (Lipinski definition) is 3. The van der Waals surface area contributed by atoms with Crippen LogP contribution in [0.2, 0.25) is 0 Å². The maximum Gasteiger partial charge on any atom is 0.349 e. The second-order valence-corrected chi connectivity index (χ2v) is 8.38. The van der Waals surface area contributed by atoms with E-state index in [-0.39, 0.29) is 16.7 Å². The van der Waals surface area contributed by atoms with E-state index >= 15 is 0 Å². The van der Waals surface area contributed by atoms with Crippen LogP contribution in [0.15, 0.2) is 91.0 Å². The molecule has 4 aromatic rings. The van der Waals surface area contributed by atoms with Crippen molar-refractivity contribution in [1.82, 2.24) is 0 Å². The van der Waals surface area contributed by atoms with Gasteiger partial charge in [0.05, 0.1) is 16.7 Å². The van der Waals surface area contributed by atoms with Crippen molar-refractivity contribution in [2.45, 2.75) is 0 Å². The molecule has 4 rings (SSSR count). The fraction of sp³-hybridized carbons (Fsp3) is 0. The van der Waals surface area contributed by atoms with Gasteiger partial charge in [-0.2, -0.15) is 0 Å². The molecule has 210 valence electrons. The first-order valence-corrected chi connectivity index (χ1v) is 11.8. The van der Waals surface area contributed by atoms with E-state index in [9.17, 15) is 44.1 Å². The number of phenols is 3. The number of aromatic hydroxyl groups is 3. The predicted molar refractivity (Wildman–Crippen MR) is 140 cm³/mol. The van der Waals surface area contributed by atoms with Gasteiger partial charge in [0.1, 0.15) is 33.9 Å². The number of carbonyl (C=O) groups excluding carboxylic acids is 6. The summed E-state index contributed by atoms with van der Waals surface area (Å²) < 4.78 is 14.3. The minimum atomic E-state index is -1.38. The zero-order chi connectivity index (χ0) is 30.4. The minimum Gasteiger partial charge on any atom is -0.507 e. The summed E-state index contributed by atoms with van der Waals surface area (Å²) in [5.41, 5.74) is -2.81. The number of esters is 6. The molecule has 0 radical (unpaired) electrons. The molecule has 3 N–H and O–H groups in total. The van der Waals surface area contributed by atoms with Gasteiger partial charge in [0.2, 0.25) is 0 Å². The molecule has 0 aliphatic rings. The first-order chi connectivity index (χ1) is 20.0. The molecular formula is C30H18O12. The van der Waals surface area contributed by atoms with Crippen molar-refractivity contribution < 1.29 is 58.3 Å². The zero-order valence-corrected chi connectivity index (χ0v) is 21.2. The SMILES string of the molecule is O=C(OC(=O)c1ccccc1O)c1cc(C(=O)OC(=O)c2ccccc2O)cc(C(=O)OC(=O)c2ccccc2O)c1. The summed E-state index contributed by atoms with van der Waals surface area (Å²) >= 11 is 0. The summed E-state index contributed by atoms with van der Waals surface area (Å²) in [6.45, 7) is 0. The molecule has 0 heterocycles. The van der Waals surface area contributed by atoms with Gasteiger partial charge in [-0.05, 0) is 54.6 Å². The van der Waals surface area contributed by atoms with Gasteiger partial charge >= 0.3 is 35.8 Å². The molecule has 12 heteroatoms. The van der Waals surface area contributed by atoms with Crippen LogP contribution in [0.25, 0.3) is 0 Å². The van der Waals surface area contributed by atoms with Crippen molar-refractivity contribution in [2.75, 3.05) is 0 Å². The average Bonchev–Trinajstić information content (AvgIpc) is 2.97. The number of hydrogen-bond acceptors (Lipinski definition) is 12. The first kappa shape index (κ1) is 28.7. The molecule has 0 amide bonds. The molecule has 0 atom stereocenters. The Morgan fingerprint density at radius 3 is 0.857 bits per heavy atom. The molecule has 0 unspecified atom stereocenters. The van der Waals surface area contributed by atoms with Crippen molar-refractivity contribution in [3.05, 3.63) is 124 Å². The van der Waals surface area contributed by atoms with Gasteiger partial charge in [0, 0.05) is 0 Å². The molecule has 42 heavy (non-hydrogen) atoms. The van der Waals surface area contributed by atoms with Crippen molar-refractivity contribution in [2.24, 2.45) is 0 Å². The van der Waals surface area contributed by atoms with E-state index in [0.29, 0.717) is 0 Å². The number of ether oxygens (including phenoxy) is 3. The van der Waals surface area contributed by atoms with Crippen LogP contribution in [0.3, 0.4) is 0 Å². The van der Waals surface area contributed by atoms with Crippen LogP contribution in [0, 0.1) is 0 Å². The van der Waals surface area contributed by atoms with E-state index < -0.39 is 69.8 Å². The van der Waals surface area contributed by atoms with Gasteiger partial charge in [0.15, 0.2) is 0 Å². The summed E-state index contributed by atoms with van der Waals surface area (Å²) in [6.07, 6.45) is 0. The van der Waals surface area contributed by atoms with E-state index in [2.05, 4.69) is 0 Å². The topological polar surface area (TPSA) is 191 Å². The molecule has 0 saturated heterocycles. The highest BCUT2D eigenvalue weighted by Crippen LogP contribution is 2.22. The van der Waals surface area contributed by atoms with E-state index in [1.807, 2.05) is 0 Å². The van der Waals surface area contributed by atoms with Crippen LogP contribution in [0.5, 0.6) is 17.2 Å². The Hall–Kier alpha value is -6.30. The normalized spacial score (nSPS) is 10.3. The van der Waals surface area contributed by atoms with Crippen LogP contribution in [-0.4, -0.2) is 51.1 Å². The summed E-state index contributed by atoms with van der Waals surface area (Å²) in [5.74, 6) is -9.39. The van der Waals surface area contributed by atoms with E-state index in [1.165, 1.54) is 72.8 Å². The van der Waals surface area contributed by atoms with Gasteiger partial charge in [-0.25, -0.2) is 28.8 Å². The third-order valence-electron chi connectivity index (χ3n) is 5.57. The van der Waals surface area contributed by atoms with E-state index in [0.717, 1.165) is 18.2 Å². The molecule has 0 fully saturated rings. The number of carbonyl (C=O) groups is 6. The quantitative estimate of drug-likeness (QED) is 0.173. The Kier molecular flexibility index (Phi) is 8.38. The number of rotatable bonds is 6. The summed E-state index contributed by atoms with van der Waals surface area (Å²) in [4.78, 5) is 75.8. The third-order valence-corrected chi connectivity index (χ3v) is 5.57. The van der Waals surface area contributed by atoms with Crippen LogP contribution >= 0.6 is 0 Å². The smallest absolute Gasteiger partial charge is 0.349 e. The van der Waals surface area contributed by atoms with E-state index in [4.69, 9.17) is 14.2 Å². The Balaban J connectivity index is 1.65. The fourth-order valence-corrected chi connectivity index (χ4v) is 3.51. The van der Waals surface area contributed by atoms with Gasteiger partial charge in [-0.3, -0.25) is 0 Å². The maximum absolute atomic E-state index is 12.8. The number of phenolic OH excluding ortho intramolecular Hbond substituents is 3. The zero-order valence-electron chi connectivity index (χ0n) is 21.2. The van der Waals surface area contributed by atoms with Gasteiger partial charge in [0.25, 0.3) is 0 Å². The van der Waals surface area contributed by atoms with Crippen molar-refractivity contribution in [3.8, 4) is 17.2 Å². The lowest BCUT2D eigenvalue weighted by molar-refractivity contribution is 0.0384. The lowest BCUT2D eigenvalue weighted by atomic mass is 10.1.